The van der Waals surface area contributed by atoms with Crippen LogP contribution in [0.5, 0.6) is 0 Å². The number of aromatic nitrogens is 2. The number of hydrogen-bond acceptors (Lipinski definition) is 0. The van der Waals surface area contributed by atoms with Crippen molar-refractivity contribution in [3.63, 3.8) is 0 Å². The van der Waals surface area contributed by atoms with Gasteiger partial charge in [-0.3, -0.25) is 0 Å². The lowest BCUT2D eigenvalue weighted by atomic mass is 10.0. The Morgan fingerprint density at radius 1 is 0.333 bits per heavy atom. The zero-order valence-corrected chi connectivity index (χ0v) is 26.2. The largest absolute Gasteiger partial charge is 0.316 e. The minimum Gasteiger partial charge on any atom is -0.316 e. The highest BCUT2D eigenvalue weighted by molar-refractivity contribution is 6.19. The number of benzene rings is 8. The Hall–Kier alpha value is -6.38. The molecule has 2 aromatic heterocycles. The van der Waals surface area contributed by atoms with Gasteiger partial charge in [0.05, 0.1) is 22.2 Å². The molecule has 0 unspecified atom stereocenters. The average molecular weight is 611 g/mol. The standard InChI is InChI=1S/C46H30N2/c1-2-9-31(10-3-1)32-17-22-38(23-18-32)48-45-26-21-36(30-42(45)41-24-19-34-12-5-7-15-40(34)46(41)48)35-20-25-43-37(29-35)27-28-47(43)44-16-8-13-33-11-4-6-14-39(33)44/h1-30H. The molecule has 224 valence electrons. The molecule has 10 rings (SSSR count). The van der Waals surface area contributed by atoms with Crippen molar-refractivity contribution in [2.75, 3.05) is 0 Å². The van der Waals surface area contributed by atoms with Crippen LogP contribution in [-0.4, -0.2) is 9.13 Å². The molecule has 0 aliphatic rings. The smallest absolute Gasteiger partial charge is 0.0619 e. The first-order valence-corrected chi connectivity index (χ1v) is 16.5. The van der Waals surface area contributed by atoms with Crippen molar-refractivity contribution in [3.8, 4) is 33.6 Å². The summed E-state index contributed by atoms with van der Waals surface area (Å²) in [4.78, 5) is 0. The maximum absolute atomic E-state index is 2.44. The predicted octanol–water partition coefficient (Wildman–Crippen LogP) is 12.4. The highest BCUT2D eigenvalue weighted by Crippen LogP contribution is 2.39. The molecule has 0 saturated heterocycles. The van der Waals surface area contributed by atoms with E-state index in [-0.39, 0.29) is 0 Å². The third kappa shape index (κ3) is 4.13. The third-order valence-corrected chi connectivity index (χ3v) is 9.93. The van der Waals surface area contributed by atoms with E-state index in [1.807, 2.05) is 0 Å². The van der Waals surface area contributed by atoms with Crippen LogP contribution < -0.4 is 0 Å². The summed E-state index contributed by atoms with van der Waals surface area (Å²) in [6.07, 6.45) is 2.20. The normalized spacial score (nSPS) is 11.8. The maximum Gasteiger partial charge on any atom is 0.0619 e. The zero-order valence-electron chi connectivity index (χ0n) is 26.2. The second kappa shape index (κ2) is 10.6. The molecular formula is C46H30N2. The molecule has 0 amide bonds. The fourth-order valence-corrected chi connectivity index (χ4v) is 7.61. The second-order valence-corrected chi connectivity index (χ2v) is 12.6. The van der Waals surface area contributed by atoms with Gasteiger partial charge in [0.1, 0.15) is 0 Å². The Bertz CT molecular complexity index is 2810. The molecule has 0 saturated carbocycles. The highest BCUT2D eigenvalue weighted by atomic mass is 15.0. The first-order chi connectivity index (χ1) is 23.8. The summed E-state index contributed by atoms with van der Waals surface area (Å²) in [5, 5.41) is 8.76. The van der Waals surface area contributed by atoms with Crippen LogP contribution in [0, 0.1) is 0 Å². The van der Waals surface area contributed by atoms with E-state index >= 15 is 0 Å². The van der Waals surface area contributed by atoms with Crippen LogP contribution in [0.1, 0.15) is 0 Å². The van der Waals surface area contributed by atoms with E-state index in [1.54, 1.807) is 0 Å². The lowest BCUT2D eigenvalue weighted by Crippen LogP contribution is -1.94. The van der Waals surface area contributed by atoms with Crippen LogP contribution in [0.25, 0.3) is 87.9 Å². The lowest BCUT2D eigenvalue weighted by Gasteiger charge is -2.11. The Morgan fingerprint density at radius 2 is 0.979 bits per heavy atom. The number of rotatable bonds is 4. The van der Waals surface area contributed by atoms with Crippen molar-refractivity contribution in [3.05, 3.63) is 182 Å². The summed E-state index contributed by atoms with van der Waals surface area (Å²) in [5.41, 5.74) is 10.9. The van der Waals surface area contributed by atoms with Crippen molar-refractivity contribution < 1.29 is 0 Å². The molecule has 10 aromatic rings. The SMILES string of the molecule is c1ccc(-c2ccc(-n3c4ccc(-c5ccc6c(ccn6-c6cccc7ccccc67)c5)cc4c4ccc5ccccc5c43)cc2)cc1. The Kier molecular flexibility index (Phi) is 5.91. The summed E-state index contributed by atoms with van der Waals surface area (Å²) in [6.45, 7) is 0. The number of nitrogens with zero attached hydrogens (tertiary/aromatic N) is 2. The van der Waals surface area contributed by atoms with Gasteiger partial charge in [0.25, 0.3) is 0 Å². The molecule has 0 atom stereocenters. The van der Waals surface area contributed by atoms with E-state index in [1.165, 1.54) is 82.2 Å². The Balaban J connectivity index is 1.13. The predicted molar refractivity (Wildman–Crippen MR) is 203 cm³/mol. The van der Waals surface area contributed by atoms with Gasteiger partial charge in [-0.05, 0) is 81.6 Å². The molecule has 0 spiro atoms. The molecule has 2 nitrogen and oxygen atoms in total. The van der Waals surface area contributed by atoms with E-state index < -0.39 is 0 Å². The van der Waals surface area contributed by atoms with E-state index in [2.05, 4.69) is 191 Å². The molecule has 0 fully saturated rings. The van der Waals surface area contributed by atoms with Crippen LogP contribution in [0.2, 0.25) is 0 Å². The van der Waals surface area contributed by atoms with Gasteiger partial charge in [0.2, 0.25) is 0 Å². The minimum atomic E-state index is 1.16. The van der Waals surface area contributed by atoms with Crippen molar-refractivity contribution in [2.45, 2.75) is 0 Å². The van der Waals surface area contributed by atoms with Crippen LogP contribution in [0.4, 0.5) is 0 Å². The zero-order chi connectivity index (χ0) is 31.6. The van der Waals surface area contributed by atoms with Crippen molar-refractivity contribution in [2.24, 2.45) is 0 Å². The van der Waals surface area contributed by atoms with Gasteiger partial charge in [0, 0.05) is 38.8 Å². The Labute approximate surface area is 278 Å². The quantitative estimate of drug-likeness (QED) is 0.188. The van der Waals surface area contributed by atoms with Crippen molar-refractivity contribution >= 4 is 54.3 Å². The molecule has 2 heterocycles. The van der Waals surface area contributed by atoms with Gasteiger partial charge in [0.15, 0.2) is 0 Å². The summed E-state index contributed by atoms with van der Waals surface area (Å²) >= 11 is 0. The molecule has 0 radical (unpaired) electrons. The van der Waals surface area contributed by atoms with Crippen molar-refractivity contribution in [1.29, 1.82) is 0 Å². The average Bonchev–Trinajstić information content (AvgIpc) is 3.74. The van der Waals surface area contributed by atoms with Gasteiger partial charge in [-0.2, -0.15) is 0 Å². The van der Waals surface area contributed by atoms with Crippen LogP contribution in [0.3, 0.4) is 0 Å². The minimum absolute atomic E-state index is 1.16. The molecular weight excluding hydrogens is 581 g/mol. The van der Waals surface area contributed by atoms with Gasteiger partial charge in [-0.25, -0.2) is 0 Å². The van der Waals surface area contributed by atoms with E-state index in [0.717, 1.165) is 5.69 Å². The van der Waals surface area contributed by atoms with Gasteiger partial charge < -0.3 is 9.13 Å². The Morgan fingerprint density at radius 3 is 1.81 bits per heavy atom. The summed E-state index contributed by atoms with van der Waals surface area (Å²) in [7, 11) is 0. The molecule has 0 aliphatic heterocycles. The first-order valence-electron chi connectivity index (χ1n) is 16.5. The molecule has 0 N–H and O–H groups in total. The molecule has 48 heavy (non-hydrogen) atoms. The fourth-order valence-electron chi connectivity index (χ4n) is 7.61. The van der Waals surface area contributed by atoms with Gasteiger partial charge in [-0.15, -0.1) is 0 Å². The number of fused-ring (bicyclic) bond motifs is 7. The highest BCUT2D eigenvalue weighted by Gasteiger charge is 2.17. The monoisotopic (exact) mass is 610 g/mol. The van der Waals surface area contributed by atoms with E-state index in [4.69, 9.17) is 0 Å². The van der Waals surface area contributed by atoms with Crippen LogP contribution in [0.15, 0.2) is 182 Å². The van der Waals surface area contributed by atoms with Crippen molar-refractivity contribution in [1.82, 2.24) is 9.13 Å². The van der Waals surface area contributed by atoms with E-state index in [9.17, 15) is 0 Å². The molecule has 2 heteroatoms. The first kappa shape index (κ1) is 26.8. The van der Waals surface area contributed by atoms with Crippen LogP contribution in [-0.2, 0) is 0 Å². The fraction of sp³-hybridized carbons (Fsp3) is 0. The summed E-state index contributed by atoms with van der Waals surface area (Å²) < 4.78 is 4.76. The number of hydrogen-bond donors (Lipinski definition) is 0. The topological polar surface area (TPSA) is 9.86 Å². The molecule has 0 aliphatic carbocycles. The molecule has 8 aromatic carbocycles. The molecule has 0 bridgehead atoms. The van der Waals surface area contributed by atoms with Gasteiger partial charge >= 0.3 is 0 Å². The lowest BCUT2D eigenvalue weighted by molar-refractivity contribution is 1.14. The summed E-state index contributed by atoms with van der Waals surface area (Å²) in [5.74, 6) is 0. The third-order valence-electron chi connectivity index (χ3n) is 9.93. The van der Waals surface area contributed by atoms with Gasteiger partial charge in [-0.1, -0.05) is 127 Å². The maximum atomic E-state index is 2.44. The van der Waals surface area contributed by atoms with Crippen LogP contribution >= 0.6 is 0 Å². The summed E-state index contributed by atoms with van der Waals surface area (Å²) in [6, 6.07) is 64.0. The van der Waals surface area contributed by atoms with E-state index in [0.29, 0.717) is 0 Å². The second-order valence-electron chi connectivity index (χ2n) is 12.6.